The van der Waals surface area contributed by atoms with Crippen molar-refractivity contribution in [2.75, 3.05) is 18.0 Å². The monoisotopic (exact) mass is 380 g/mol. The van der Waals surface area contributed by atoms with Gasteiger partial charge < -0.3 is 4.90 Å². The van der Waals surface area contributed by atoms with Crippen molar-refractivity contribution in [2.24, 2.45) is 11.0 Å². The van der Waals surface area contributed by atoms with E-state index in [0.717, 1.165) is 11.8 Å². The van der Waals surface area contributed by atoms with Crippen molar-refractivity contribution in [3.05, 3.63) is 54.4 Å². The van der Waals surface area contributed by atoms with Crippen LogP contribution in [0.1, 0.15) is 36.4 Å². The van der Waals surface area contributed by atoms with E-state index < -0.39 is 5.82 Å². The number of hydrogen-bond acceptors (Lipinski definition) is 6. The Labute approximate surface area is 162 Å². The van der Waals surface area contributed by atoms with E-state index in [1.807, 2.05) is 0 Å². The van der Waals surface area contributed by atoms with Crippen LogP contribution in [-0.2, 0) is 4.79 Å². The summed E-state index contributed by atoms with van der Waals surface area (Å²) in [4.78, 5) is 27.7. The molecule has 0 bridgehead atoms. The Morgan fingerprint density at radius 3 is 2.61 bits per heavy atom. The number of halogens is 1. The Morgan fingerprint density at radius 1 is 1.18 bits per heavy atom. The summed E-state index contributed by atoms with van der Waals surface area (Å²) in [5.41, 5.74) is 1.54. The molecule has 2 aliphatic heterocycles. The molecule has 1 atom stereocenters. The van der Waals surface area contributed by atoms with Gasteiger partial charge in [0.2, 0.25) is 11.9 Å². The quantitative estimate of drug-likeness (QED) is 0.815. The minimum Gasteiger partial charge on any atom is -0.341 e. The van der Waals surface area contributed by atoms with E-state index in [0.29, 0.717) is 43.9 Å². The number of anilines is 1. The van der Waals surface area contributed by atoms with E-state index >= 15 is 0 Å². The van der Waals surface area contributed by atoms with Gasteiger partial charge in [-0.1, -0.05) is 12.7 Å². The minimum atomic E-state index is -0.410. The molecule has 4 heterocycles. The van der Waals surface area contributed by atoms with Crippen LogP contribution >= 0.6 is 0 Å². The Bertz CT molecular complexity index is 892. The Kier molecular flexibility index (Phi) is 5.10. The molecule has 0 aliphatic carbocycles. The molecule has 0 aromatic carbocycles. The second-order valence-electron chi connectivity index (χ2n) is 6.95. The molecule has 0 saturated carbocycles. The van der Waals surface area contributed by atoms with Gasteiger partial charge in [-0.3, -0.25) is 9.78 Å². The van der Waals surface area contributed by atoms with Crippen molar-refractivity contribution in [3.63, 3.8) is 0 Å². The van der Waals surface area contributed by atoms with Gasteiger partial charge in [-0.2, -0.15) is 5.10 Å². The molecule has 1 saturated heterocycles. The van der Waals surface area contributed by atoms with Crippen molar-refractivity contribution in [1.29, 1.82) is 0 Å². The van der Waals surface area contributed by atoms with Crippen LogP contribution in [-0.4, -0.2) is 45.2 Å². The highest BCUT2D eigenvalue weighted by Crippen LogP contribution is 2.32. The molecular formula is C20H21FN6O. The lowest BCUT2D eigenvalue weighted by molar-refractivity contribution is -0.138. The van der Waals surface area contributed by atoms with Gasteiger partial charge in [-0.15, -0.1) is 0 Å². The van der Waals surface area contributed by atoms with Gasteiger partial charge in [-0.05, 0) is 24.5 Å². The third-order valence-corrected chi connectivity index (χ3v) is 5.19. The smallest absolute Gasteiger partial charge is 0.246 e. The van der Waals surface area contributed by atoms with Gasteiger partial charge in [0.15, 0.2) is 0 Å². The molecular weight excluding hydrogens is 359 g/mol. The van der Waals surface area contributed by atoms with Crippen molar-refractivity contribution < 1.29 is 9.18 Å². The highest BCUT2D eigenvalue weighted by atomic mass is 19.1. The lowest BCUT2D eigenvalue weighted by Gasteiger charge is -2.33. The van der Waals surface area contributed by atoms with Crippen LogP contribution in [0.25, 0.3) is 6.08 Å². The van der Waals surface area contributed by atoms with E-state index in [4.69, 9.17) is 0 Å². The van der Waals surface area contributed by atoms with Crippen molar-refractivity contribution in [3.8, 4) is 0 Å². The highest BCUT2D eigenvalue weighted by Gasteiger charge is 2.35. The molecule has 8 heteroatoms. The number of carbonyl (C=O) groups is 1. The van der Waals surface area contributed by atoms with Crippen LogP contribution in [0.2, 0.25) is 0 Å². The fraction of sp³-hybridized carbons (Fsp3) is 0.350. The summed E-state index contributed by atoms with van der Waals surface area (Å²) in [6.07, 6.45) is 11.6. The Morgan fingerprint density at radius 2 is 1.93 bits per heavy atom. The molecule has 2 aromatic rings. The first kappa shape index (κ1) is 18.2. The van der Waals surface area contributed by atoms with Gasteiger partial charge in [-0.25, -0.2) is 19.4 Å². The predicted molar refractivity (Wildman–Crippen MR) is 104 cm³/mol. The molecule has 28 heavy (non-hydrogen) atoms. The maximum Gasteiger partial charge on any atom is 0.246 e. The Balaban J connectivity index is 1.40. The maximum absolute atomic E-state index is 13.5. The summed E-state index contributed by atoms with van der Waals surface area (Å²) in [7, 11) is 0. The van der Waals surface area contributed by atoms with Crippen LogP contribution in [0.15, 0.2) is 42.5 Å². The Hall–Kier alpha value is -3.16. The molecule has 2 aliphatic rings. The van der Waals surface area contributed by atoms with E-state index in [9.17, 15) is 9.18 Å². The zero-order valence-electron chi connectivity index (χ0n) is 15.4. The van der Waals surface area contributed by atoms with Crippen LogP contribution in [0, 0.1) is 11.7 Å². The third kappa shape index (κ3) is 3.62. The number of pyridine rings is 1. The summed E-state index contributed by atoms with van der Waals surface area (Å²) < 4.78 is 13.5. The summed E-state index contributed by atoms with van der Waals surface area (Å²) in [6, 6.07) is 1.13. The van der Waals surface area contributed by atoms with Gasteiger partial charge in [0, 0.05) is 55.8 Å². The number of aromatic nitrogens is 3. The molecule has 1 fully saturated rings. The van der Waals surface area contributed by atoms with Crippen molar-refractivity contribution >= 4 is 24.1 Å². The van der Waals surface area contributed by atoms with Gasteiger partial charge in [0.05, 0.1) is 12.2 Å². The normalized spacial score (nSPS) is 19.8. The predicted octanol–water partition coefficient (Wildman–Crippen LogP) is 2.83. The maximum atomic E-state index is 13.5. The second-order valence-corrected chi connectivity index (χ2v) is 6.95. The summed E-state index contributed by atoms with van der Waals surface area (Å²) >= 11 is 0. The summed E-state index contributed by atoms with van der Waals surface area (Å²) in [5.74, 6) is 0.112. The van der Waals surface area contributed by atoms with Crippen LogP contribution in [0.5, 0.6) is 0 Å². The lowest BCUT2D eigenvalue weighted by Crippen LogP contribution is -2.41. The average Bonchev–Trinajstić information content (AvgIpc) is 3.23. The highest BCUT2D eigenvalue weighted by molar-refractivity contribution is 5.82. The van der Waals surface area contributed by atoms with Crippen LogP contribution in [0.3, 0.4) is 0 Å². The molecule has 0 N–H and O–H groups in total. The standard InChI is InChI=1S/C20H21FN6O/c1-2-14-10-23-20(24-11-14)26-7-4-15(5-8-26)19(28)27-18(3-6-25-27)16-9-17(21)13-22-12-16/h2,6,9-13,15,18H,1,3-5,7-8H2. The lowest BCUT2D eigenvalue weighted by atomic mass is 9.94. The number of nitrogens with zero attached hydrogens (tertiary/aromatic N) is 6. The van der Waals surface area contributed by atoms with Gasteiger partial charge in [0.25, 0.3) is 0 Å². The van der Waals surface area contributed by atoms with E-state index in [1.165, 1.54) is 11.1 Å². The SMILES string of the molecule is C=Cc1cnc(N2CCC(C(=O)N3N=CCC3c3cncc(F)c3)CC2)nc1. The topological polar surface area (TPSA) is 74.6 Å². The molecule has 0 spiro atoms. The van der Waals surface area contributed by atoms with Crippen LogP contribution in [0.4, 0.5) is 10.3 Å². The summed E-state index contributed by atoms with van der Waals surface area (Å²) in [5, 5.41) is 5.75. The number of amides is 1. The molecule has 0 radical (unpaired) electrons. The summed E-state index contributed by atoms with van der Waals surface area (Å²) in [6.45, 7) is 5.10. The fourth-order valence-corrected chi connectivity index (χ4v) is 3.63. The molecule has 1 amide bonds. The van der Waals surface area contributed by atoms with E-state index in [-0.39, 0.29) is 17.9 Å². The second kappa shape index (κ2) is 7.84. The molecule has 2 aromatic heterocycles. The molecule has 4 rings (SSSR count). The van der Waals surface area contributed by atoms with Crippen molar-refractivity contribution in [1.82, 2.24) is 20.0 Å². The van der Waals surface area contributed by atoms with E-state index in [1.54, 1.807) is 30.9 Å². The van der Waals surface area contributed by atoms with Crippen molar-refractivity contribution in [2.45, 2.75) is 25.3 Å². The average molecular weight is 380 g/mol. The number of piperidine rings is 1. The number of carbonyl (C=O) groups excluding carboxylic acids is 1. The largest absolute Gasteiger partial charge is 0.341 e. The van der Waals surface area contributed by atoms with Crippen LogP contribution < -0.4 is 4.90 Å². The first-order chi connectivity index (χ1) is 13.7. The van der Waals surface area contributed by atoms with Gasteiger partial charge in [0.1, 0.15) is 5.82 Å². The molecule has 144 valence electrons. The third-order valence-electron chi connectivity index (χ3n) is 5.19. The first-order valence-corrected chi connectivity index (χ1v) is 9.31. The molecule has 1 unspecified atom stereocenters. The van der Waals surface area contributed by atoms with Gasteiger partial charge >= 0.3 is 0 Å². The fourth-order valence-electron chi connectivity index (χ4n) is 3.63. The number of rotatable bonds is 4. The first-order valence-electron chi connectivity index (χ1n) is 9.31. The molecule has 7 nitrogen and oxygen atoms in total. The number of hydrazone groups is 1. The number of hydrogen-bond donors (Lipinski definition) is 0. The zero-order valence-corrected chi connectivity index (χ0v) is 15.4. The zero-order chi connectivity index (χ0) is 19.5. The minimum absolute atomic E-state index is 0.0226. The van der Waals surface area contributed by atoms with E-state index in [2.05, 4.69) is 31.5 Å².